The Bertz CT molecular complexity index is 1020. The van der Waals surface area contributed by atoms with Crippen molar-refractivity contribution in [2.75, 3.05) is 13.7 Å². The summed E-state index contributed by atoms with van der Waals surface area (Å²) in [5.41, 5.74) is 4.20. The average Bonchev–Trinajstić information content (AvgIpc) is 3.22. The lowest BCUT2D eigenvalue weighted by atomic mass is 10.1. The summed E-state index contributed by atoms with van der Waals surface area (Å²) in [4.78, 5) is 19.1. The molecule has 1 amide bonds. The second-order valence-electron chi connectivity index (χ2n) is 7.41. The molecule has 154 valence electrons. The van der Waals surface area contributed by atoms with Gasteiger partial charge in [0.15, 0.2) is 11.5 Å². The predicted octanol–water partition coefficient (Wildman–Crippen LogP) is 4.82. The van der Waals surface area contributed by atoms with Crippen LogP contribution in [0, 0.1) is 0 Å². The average molecular weight is 402 g/mol. The van der Waals surface area contributed by atoms with Crippen molar-refractivity contribution in [2.45, 2.75) is 32.4 Å². The second-order valence-corrected chi connectivity index (χ2v) is 7.41. The van der Waals surface area contributed by atoms with Gasteiger partial charge in [-0.3, -0.25) is 9.78 Å². The Labute approximate surface area is 177 Å². The maximum atomic E-state index is 13.2. The van der Waals surface area contributed by atoms with E-state index in [1.165, 1.54) is 11.1 Å². The van der Waals surface area contributed by atoms with Crippen LogP contribution < -0.4 is 9.47 Å². The number of carbonyl (C=O) groups excluding carboxylic acids is 1. The lowest BCUT2D eigenvalue weighted by Crippen LogP contribution is -2.30. The summed E-state index contributed by atoms with van der Waals surface area (Å²) in [6.45, 7) is 2.83. The summed E-state index contributed by atoms with van der Waals surface area (Å²) >= 11 is 0. The van der Waals surface area contributed by atoms with Crippen molar-refractivity contribution in [1.82, 2.24) is 9.88 Å². The monoisotopic (exact) mass is 402 g/mol. The minimum absolute atomic E-state index is 0.0154. The van der Waals surface area contributed by atoms with Crippen molar-refractivity contribution >= 4 is 5.91 Å². The molecule has 0 spiro atoms. The first-order valence-corrected chi connectivity index (χ1v) is 10.3. The van der Waals surface area contributed by atoms with Crippen LogP contribution in [0.15, 0.2) is 67.0 Å². The van der Waals surface area contributed by atoms with Crippen LogP contribution in [-0.2, 0) is 13.0 Å². The van der Waals surface area contributed by atoms with Gasteiger partial charge >= 0.3 is 0 Å². The van der Waals surface area contributed by atoms with E-state index in [9.17, 15) is 4.79 Å². The molecular weight excluding hydrogens is 376 g/mol. The molecule has 2 aromatic carbocycles. The lowest BCUT2D eigenvalue weighted by Gasteiger charge is -2.26. The predicted molar refractivity (Wildman–Crippen MR) is 116 cm³/mol. The summed E-state index contributed by atoms with van der Waals surface area (Å²) in [7, 11) is 1.88. The SMILES string of the molecule is CCOc1cc(C(=O)N(C)C2CCc3ccccc32)ccc1OCc1ccncc1. The molecule has 0 bridgehead atoms. The topological polar surface area (TPSA) is 51.7 Å². The maximum Gasteiger partial charge on any atom is 0.254 e. The number of benzene rings is 2. The number of carbonyl (C=O) groups is 1. The van der Waals surface area contributed by atoms with Gasteiger partial charge in [-0.1, -0.05) is 24.3 Å². The van der Waals surface area contributed by atoms with Crippen LogP contribution in [-0.4, -0.2) is 29.4 Å². The van der Waals surface area contributed by atoms with Gasteiger partial charge in [0.05, 0.1) is 12.6 Å². The smallest absolute Gasteiger partial charge is 0.254 e. The van der Waals surface area contributed by atoms with Crippen LogP contribution in [0.4, 0.5) is 0 Å². The van der Waals surface area contributed by atoms with Crippen molar-refractivity contribution < 1.29 is 14.3 Å². The van der Waals surface area contributed by atoms with Crippen LogP contribution >= 0.6 is 0 Å². The van der Waals surface area contributed by atoms with Gasteiger partial charge in [-0.25, -0.2) is 0 Å². The number of hydrogen-bond acceptors (Lipinski definition) is 4. The van der Waals surface area contributed by atoms with E-state index in [1.807, 2.05) is 49.2 Å². The van der Waals surface area contributed by atoms with Crippen LogP contribution in [0.25, 0.3) is 0 Å². The molecule has 0 N–H and O–H groups in total. The van der Waals surface area contributed by atoms with E-state index in [4.69, 9.17) is 9.47 Å². The second kappa shape index (κ2) is 8.99. The number of fused-ring (bicyclic) bond motifs is 1. The highest BCUT2D eigenvalue weighted by Crippen LogP contribution is 2.36. The highest BCUT2D eigenvalue weighted by molar-refractivity contribution is 5.95. The first kappa shape index (κ1) is 20.0. The Hall–Kier alpha value is -3.34. The lowest BCUT2D eigenvalue weighted by molar-refractivity contribution is 0.0730. The summed E-state index contributed by atoms with van der Waals surface area (Å²) in [6.07, 6.45) is 5.43. The standard InChI is InChI=1S/C25H26N2O3/c1-3-29-24-16-20(9-11-23(24)30-17-18-12-14-26-15-13-18)25(28)27(2)22-10-8-19-6-4-5-7-21(19)22/h4-7,9,11-16,22H,3,8,10,17H2,1-2H3. The number of nitrogens with zero attached hydrogens (tertiary/aromatic N) is 2. The van der Waals surface area contributed by atoms with Crippen LogP contribution in [0.5, 0.6) is 11.5 Å². The third-order valence-electron chi connectivity index (χ3n) is 5.52. The highest BCUT2D eigenvalue weighted by atomic mass is 16.5. The molecule has 3 aromatic rings. The molecule has 30 heavy (non-hydrogen) atoms. The number of rotatable bonds is 7. The Balaban J connectivity index is 1.52. The van der Waals surface area contributed by atoms with E-state index >= 15 is 0 Å². The van der Waals surface area contributed by atoms with Gasteiger partial charge in [0.2, 0.25) is 0 Å². The van der Waals surface area contributed by atoms with E-state index < -0.39 is 0 Å². The minimum atomic E-state index is -0.0154. The third-order valence-corrected chi connectivity index (χ3v) is 5.52. The van der Waals surface area contributed by atoms with E-state index in [2.05, 4.69) is 23.2 Å². The highest BCUT2D eigenvalue weighted by Gasteiger charge is 2.29. The first-order valence-electron chi connectivity index (χ1n) is 10.3. The Morgan fingerprint density at radius 1 is 1.07 bits per heavy atom. The molecular formula is C25H26N2O3. The van der Waals surface area contributed by atoms with Crippen LogP contribution in [0.2, 0.25) is 0 Å². The zero-order chi connectivity index (χ0) is 20.9. The summed E-state index contributed by atoms with van der Waals surface area (Å²) < 4.78 is 11.7. The fourth-order valence-electron chi connectivity index (χ4n) is 3.95. The number of ether oxygens (including phenoxy) is 2. The fourth-order valence-corrected chi connectivity index (χ4v) is 3.95. The molecule has 5 nitrogen and oxygen atoms in total. The summed E-state index contributed by atoms with van der Waals surface area (Å²) in [6, 6.07) is 17.7. The van der Waals surface area contributed by atoms with E-state index in [0.29, 0.717) is 30.3 Å². The molecule has 1 heterocycles. The van der Waals surface area contributed by atoms with Crippen molar-refractivity contribution in [3.63, 3.8) is 0 Å². The molecule has 0 aliphatic heterocycles. The fraction of sp³-hybridized carbons (Fsp3) is 0.280. The van der Waals surface area contributed by atoms with Gasteiger partial charge in [0, 0.05) is 25.0 Å². The maximum absolute atomic E-state index is 13.2. The molecule has 1 aromatic heterocycles. The number of amides is 1. The summed E-state index contributed by atoms with van der Waals surface area (Å²) in [5, 5.41) is 0. The molecule has 0 saturated heterocycles. The minimum Gasteiger partial charge on any atom is -0.490 e. The first-order chi connectivity index (χ1) is 14.7. The Morgan fingerprint density at radius 2 is 1.87 bits per heavy atom. The number of hydrogen-bond donors (Lipinski definition) is 0. The molecule has 1 aliphatic rings. The van der Waals surface area contributed by atoms with Crippen molar-refractivity contribution in [2.24, 2.45) is 0 Å². The molecule has 0 radical (unpaired) electrons. The molecule has 0 fully saturated rings. The van der Waals surface area contributed by atoms with E-state index in [1.54, 1.807) is 18.5 Å². The van der Waals surface area contributed by atoms with E-state index in [0.717, 1.165) is 18.4 Å². The molecule has 0 saturated carbocycles. The number of aromatic nitrogens is 1. The molecule has 1 aliphatic carbocycles. The quantitative estimate of drug-likeness (QED) is 0.569. The van der Waals surface area contributed by atoms with Gasteiger partial charge in [-0.15, -0.1) is 0 Å². The van der Waals surface area contributed by atoms with Crippen LogP contribution in [0.3, 0.4) is 0 Å². The van der Waals surface area contributed by atoms with Gasteiger partial charge in [-0.05, 0) is 66.8 Å². The van der Waals surface area contributed by atoms with Crippen molar-refractivity contribution in [3.8, 4) is 11.5 Å². The molecule has 5 heteroatoms. The number of pyridine rings is 1. The zero-order valence-electron chi connectivity index (χ0n) is 17.4. The van der Waals surface area contributed by atoms with Crippen LogP contribution in [0.1, 0.15) is 46.4 Å². The van der Waals surface area contributed by atoms with Gasteiger partial charge in [-0.2, -0.15) is 0 Å². The molecule has 1 atom stereocenters. The van der Waals surface area contributed by atoms with Gasteiger partial charge in [0.1, 0.15) is 6.61 Å². The van der Waals surface area contributed by atoms with Crippen molar-refractivity contribution in [3.05, 3.63) is 89.2 Å². The zero-order valence-corrected chi connectivity index (χ0v) is 17.4. The Kier molecular flexibility index (Phi) is 5.98. The van der Waals surface area contributed by atoms with Crippen molar-refractivity contribution in [1.29, 1.82) is 0 Å². The third kappa shape index (κ3) is 4.15. The van der Waals surface area contributed by atoms with Gasteiger partial charge in [0.25, 0.3) is 5.91 Å². The molecule has 1 unspecified atom stereocenters. The largest absolute Gasteiger partial charge is 0.490 e. The normalized spacial score (nSPS) is 14.8. The van der Waals surface area contributed by atoms with Gasteiger partial charge < -0.3 is 14.4 Å². The Morgan fingerprint density at radius 3 is 2.67 bits per heavy atom. The summed E-state index contributed by atoms with van der Waals surface area (Å²) in [5.74, 6) is 1.19. The number of aryl methyl sites for hydroxylation is 1. The van der Waals surface area contributed by atoms with E-state index in [-0.39, 0.29) is 11.9 Å². The molecule has 4 rings (SSSR count).